The molecule has 1 aliphatic carbocycles. The van der Waals surface area contributed by atoms with Crippen molar-refractivity contribution in [1.82, 2.24) is 0 Å². The molecule has 2 unspecified atom stereocenters. The van der Waals surface area contributed by atoms with Gasteiger partial charge in [0.15, 0.2) is 4.45 Å². The molecule has 0 aromatic carbocycles. The Kier molecular flexibility index (Phi) is 2.04. The molecule has 0 bridgehead atoms. The van der Waals surface area contributed by atoms with Crippen LogP contribution in [0.15, 0.2) is 29.5 Å². The lowest BCUT2D eigenvalue weighted by Crippen LogP contribution is -2.23. The second-order valence-electron chi connectivity index (χ2n) is 2.35. The van der Waals surface area contributed by atoms with Gasteiger partial charge in [-0.05, 0) is 11.3 Å². The first-order valence-corrected chi connectivity index (χ1v) is 3.88. The molecule has 0 aromatic rings. The van der Waals surface area contributed by atoms with Crippen molar-refractivity contribution < 1.29 is 0 Å². The summed E-state index contributed by atoms with van der Waals surface area (Å²) >= 11 is 3.24. The van der Waals surface area contributed by atoms with E-state index in [4.69, 9.17) is 0 Å². The van der Waals surface area contributed by atoms with Gasteiger partial charge in [-0.3, -0.25) is 0 Å². The Bertz CT molecular complexity index is 200. The van der Waals surface area contributed by atoms with E-state index in [1.807, 2.05) is 25.2 Å². The van der Waals surface area contributed by atoms with Crippen LogP contribution in [-0.4, -0.2) is 4.45 Å². The highest BCUT2D eigenvalue weighted by Crippen LogP contribution is 2.33. The fourth-order valence-electron chi connectivity index (χ4n) is 0.822. The van der Waals surface area contributed by atoms with E-state index < -0.39 is 4.45 Å². The molecule has 1 rings (SSSR count). The number of nitrogens with zero attached hydrogens (tertiary/aromatic N) is 1. The highest BCUT2D eigenvalue weighted by molar-refractivity contribution is 9.10. The molecule has 0 heterocycles. The summed E-state index contributed by atoms with van der Waals surface area (Å²) < 4.78 is -0.707. The lowest BCUT2D eigenvalue weighted by atomic mass is 9.98. The van der Waals surface area contributed by atoms with Crippen molar-refractivity contribution in [3.63, 3.8) is 0 Å². The number of allylic oxidation sites excluding steroid dienone is 2. The highest BCUT2D eigenvalue weighted by Gasteiger charge is 2.31. The summed E-state index contributed by atoms with van der Waals surface area (Å²) in [4.78, 5) is 10.3. The van der Waals surface area contributed by atoms with Crippen molar-refractivity contribution in [2.24, 2.45) is 11.1 Å². The van der Waals surface area contributed by atoms with Crippen LogP contribution in [0.5, 0.6) is 0 Å². The third kappa shape index (κ3) is 1.19. The maximum atomic E-state index is 10.3. The summed E-state index contributed by atoms with van der Waals surface area (Å²) in [6.45, 7) is 1.94. The Hall–Kier alpha value is -0.440. The van der Waals surface area contributed by atoms with Crippen molar-refractivity contribution in [3.05, 3.63) is 29.2 Å². The van der Waals surface area contributed by atoms with Crippen LogP contribution < -0.4 is 0 Å². The lowest BCUT2D eigenvalue weighted by molar-refractivity contribution is 0.586. The largest absolute Gasteiger partial charge is 0.181 e. The van der Waals surface area contributed by atoms with Gasteiger partial charge in [0.05, 0.1) is 0 Å². The first kappa shape index (κ1) is 7.66. The minimum atomic E-state index is -0.707. The summed E-state index contributed by atoms with van der Waals surface area (Å²) in [5.74, 6) is 0.134. The first-order valence-electron chi connectivity index (χ1n) is 3.08. The molecule has 2 nitrogen and oxygen atoms in total. The Morgan fingerprint density at radius 3 is 2.70 bits per heavy atom. The van der Waals surface area contributed by atoms with Gasteiger partial charge >= 0.3 is 0 Å². The van der Waals surface area contributed by atoms with Gasteiger partial charge in [0.2, 0.25) is 0 Å². The lowest BCUT2D eigenvalue weighted by Gasteiger charge is -2.22. The summed E-state index contributed by atoms with van der Waals surface area (Å²) in [7, 11) is 0. The van der Waals surface area contributed by atoms with E-state index in [1.165, 1.54) is 0 Å². The summed E-state index contributed by atoms with van der Waals surface area (Å²) in [5.41, 5.74) is 0. The highest BCUT2D eigenvalue weighted by atomic mass is 79.9. The zero-order valence-electron chi connectivity index (χ0n) is 5.62. The van der Waals surface area contributed by atoms with Gasteiger partial charge in [0.1, 0.15) is 0 Å². The van der Waals surface area contributed by atoms with Gasteiger partial charge in [0, 0.05) is 5.92 Å². The summed E-state index contributed by atoms with van der Waals surface area (Å²) in [6, 6.07) is 0. The molecule has 2 atom stereocenters. The van der Waals surface area contributed by atoms with Gasteiger partial charge in [-0.15, -0.1) is 4.91 Å². The zero-order valence-corrected chi connectivity index (χ0v) is 7.21. The van der Waals surface area contributed by atoms with Crippen molar-refractivity contribution in [2.45, 2.75) is 11.4 Å². The first-order chi connectivity index (χ1) is 4.69. The average Bonchev–Trinajstić information content (AvgIpc) is 1.96. The molecule has 54 valence electrons. The maximum absolute atomic E-state index is 10.3. The number of halogens is 1. The van der Waals surface area contributed by atoms with Gasteiger partial charge in [-0.25, -0.2) is 0 Å². The van der Waals surface area contributed by atoms with Crippen LogP contribution in [-0.2, 0) is 0 Å². The van der Waals surface area contributed by atoms with Gasteiger partial charge in [-0.2, -0.15) is 0 Å². The SMILES string of the molecule is CC1C=CC=CC1(Br)N=O. The second kappa shape index (κ2) is 2.66. The molecule has 0 fully saturated rings. The van der Waals surface area contributed by atoms with Gasteiger partial charge < -0.3 is 0 Å². The summed E-state index contributed by atoms with van der Waals surface area (Å²) in [6.07, 6.45) is 7.42. The average molecular weight is 202 g/mol. The van der Waals surface area contributed by atoms with Crippen LogP contribution in [0.4, 0.5) is 0 Å². The Labute approximate surface area is 68.1 Å². The molecule has 0 N–H and O–H groups in total. The van der Waals surface area contributed by atoms with Crippen LogP contribution in [0.3, 0.4) is 0 Å². The van der Waals surface area contributed by atoms with E-state index in [9.17, 15) is 4.91 Å². The third-order valence-electron chi connectivity index (χ3n) is 1.62. The number of alkyl halides is 1. The smallest absolute Gasteiger partial charge is 0.149 e. The fraction of sp³-hybridized carbons (Fsp3) is 0.429. The molecule has 0 saturated carbocycles. The van der Waals surface area contributed by atoms with E-state index in [2.05, 4.69) is 21.1 Å². The van der Waals surface area contributed by atoms with Crippen molar-refractivity contribution in [1.29, 1.82) is 0 Å². The standard InChI is InChI=1S/C7H8BrNO/c1-6-4-2-3-5-7(6,8)9-10/h2-6H,1H3. The predicted octanol–water partition coefficient (Wildman–Crippen LogP) is 2.61. The van der Waals surface area contributed by atoms with Crippen molar-refractivity contribution >= 4 is 15.9 Å². The third-order valence-corrected chi connectivity index (χ3v) is 2.75. The van der Waals surface area contributed by atoms with Crippen LogP contribution in [0, 0.1) is 10.8 Å². The molecule has 3 heteroatoms. The van der Waals surface area contributed by atoms with E-state index in [-0.39, 0.29) is 5.92 Å². The Balaban J connectivity index is 2.87. The van der Waals surface area contributed by atoms with E-state index in [0.717, 1.165) is 0 Å². The van der Waals surface area contributed by atoms with Crippen LogP contribution in [0.1, 0.15) is 6.92 Å². The molecule has 0 aromatic heterocycles. The molecule has 10 heavy (non-hydrogen) atoms. The van der Waals surface area contributed by atoms with Crippen LogP contribution >= 0.6 is 15.9 Å². The molecule has 0 aliphatic heterocycles. The number of rotatable bonds is 1. The molecular weight excluding hydrogens is 194 g/mol. The maximum Gasteiger partial charge on any atom is 0.181 e. The molecule has 0 saturated heterocycles. The van der Waals surface area contributed by atoms with Gasteiger partial charge in [0.25, 0.3) is 0 Å². The summed E-state index contributed by atoms with van der Waals surface area (Å²) in [5, 5.41) is 2.99. The number of hydrogen-bond acceptors (Lipinski definition) is 2. The molecule has 0 radical (unpaired) electrons. The minimum Gasteiger partial charge on any atom is -0.149 e. The number of nitroso groups, excluding NO2 is 1. The Morgan fingerprint density at radius 1 is 1.60 bits per heavy atom. The second-order valence-corrected chi connectivity index (χ2v) is 3.62. The topological polar surface area (TPSA) is 29.4 Å². The monoisotopic (exact) mass is 201 g/mol. The predicted molar refractivity (Wildman–Crippen MR) is 44.9 cm³/mol. The zero-order chi connectivity index (χ0) is 7.61. The van der Waals surface area contributed by atoms with Crippen LogP contribution in [0.25, 0.3) is 0 Å². The molecule has 0 spiro atoms. The van der Waals surface area contributed by atoms with E-state index >= 15 is 0 Å². The normalized spacial score (nSPS) is 38.0. The molecule has 0 amide bonds. The minimum absolute atomic E-state index is 0.134. The van der Waals surface area contributed by atoms with E-state index in [0.29, 0.717) is 0 Å². The van der Waals surface area contributed by atoms with E-state index in [1.54, 1.807) is 6.08 Å². The molecular formula is C7H8BrNO. The van der Waals surface area contributed by atoms with Crippen LogP contribution in [0.2, 0.25) is 0 Å². The van der Waals surface area contributed by atoms with Crippen molar-refractivity contribution in [3.8, 4) is 0 Å². The molecule has 1 aliphatic rings. The van der Waals surface area contributed by atoms with Gasteiger partial charge in [-0.1, -0.05) is 41.1 Å². The van der Waals surface area contributed by atoms with Crippen molar-refractivity contribution in [2.75, 3.05) is 0 Å². The quantitative estimate of drug-likeness (QED) is 0.365. The fourth-order valence-corrected chi connectivity index (χ4v) is 1.13. The number of hydrogen-bond donors (Lipinski definition) is 0. The Morgan fingerprint density at radius 2 is 2.30 bits per heavy atom.